The van der Waals surface area contributed by atoms with Crippen molar-refractivity contribution in [3.05, 3.63) is 0 Å². The van der Waals surface area contributed by atoms with E-state index in [2.05, 4.69) is 15.1 Å². The zero-order valence-electron chi connectivity index (χ0n) is 11.3. The zero-order valence-corrected chi connectivity index (χ0v) is 13.0. The Morgan fingerprint density at radius 2 is 2.10 bits per heavy atom. The maximum absolute atomic E-state index is 10.6. The fourth-order valence-corrected chi connectivity index (χ4v) is 5.01. The molecule has 0 spiro atoms. The van der Waals surface area contributed by atoms with Crippen molar-refractivity contribution in [1.82, 2.24) is 10.2 Å². The van der Waals surface area contributed by atoms with Gasteiger partial charge in [0.15, 0.2) is 4.34 Å². The van der Waals surface area contributed by atoms with E-state index < -0.39 is 5.97 Å². The van der Waals surface area contributed by atoms with Gasteiger partial charge in [0.2, 0.25) is 5.13 Å². The van der Waals surface area contributed by atoms with Crippen molar-refractivity contribution in [3.8, 4) is 0 Å². The first-order valence-electron chi connectivity index (χ1n) is 7.19. The van der Waals surface area contributed by atoms with E-state index in [4.69, 9.17) is 5.11 Å². The maximum Gasteiger partial charge on any atom is 0.313 e. The fraction of sp³-hybridized carbons (Fsp3) is 0.769. The summed E-state index contributed by atoms with van der Waals surface area (Å²) in [5.74, 6) is 0.0639. The SMILES string of the molecule is O=C(O)CSc1nnc(N2CCCC2C2CCCC2)s1. The summed E-state index contributed by atoms with van der Waals surface area (Å²) in [4.78, 5) is 13.0. The number of aromatic nitrogens is 2. The molecule has 2 aliphatic rings. The minimum Gasteiger partial charge on any atom is -0.481 e. The fourth-order valence-electron chi connectivity index (χ4n) is 3.36. The number of anilines is 1. The lowest BCUT2D eigenvalue weighted by Gasteiger charge is -2.28. The Bertz CT molecular complexity index is 474. The van der Waals surface area contributed by atoms with E-state index in [0.717, 1.165) is 21.9 Å². The molecule has 1 unspecified atom stereocenters. The van der Waals surface area contributed by atoms with Crippen LogP contribution in [0.4, 0.5) is 5.13 Å². The Kier molecular flexibility index (Phi) is 4.45. The standard InChI is InChI=1S/C13H19N3O2S2/c17-11(18)8-19-13-15-14-12(20-13)16-7-3-6-10(16)9-4-1-2-5-9/h9-10H,1-8H2,(H,17,18). The molecule has 1 N–H and O–H groups in total. The highest BCUT2D eigenvalue weighted by Crippen LogP contribution is 2.39. The molecule has 1 aliphatic heterocycles. The molecule has 0 radical (unpaired) electrons. The number of hydrogen-bond donors (Lipinski definition) is 1. The zero-order chi connectivity index (χ0) is 13.9. The average Bonchev–Trinajstić information content (AvgIpc) is 3.15. The summed E-state index contributed by atoms with van der Waals surface area (Å²) in [5, 5.41) is 18.1. The topological polar surface area (TPSA) is 66.3 Å². The molecule has 2 heterocycles. The molecule has 0 amide bonds. The molecule has 7 heteroatoms. The van der Waals surface area contributed by atoms with Crippen LogP contribution in [0.5, 0.6) is 0 Å². The highest BCUT2D eigenvalue weighted by molar-refractivity contribution is 8.01. The van der Waals surface area contributed by atoms with Crippen LogP contribution in [-0.4, -0.2) is 39.6 Å². The van der Waals surface area contributed by atoms with Gasteiger partial charge in [-0.05, 0) is 31.6 Å². The first kappa shape index (κ1) is 14.1. The molecule has 1 aromatic rings. The van der Waals surface area contributed by atoms with Gasteiger partial charge < -0.3 is 10.0 Å². The Balaban J connectivity index is 1.66. The van der Waals surface area contributed by atoms with E-state index >= 15 is 0 Å². The molecule has 110 valence electrons. The van der Waals surface area contributed by atoms with Crippen LogP contribution in [0.25, 0.3) is 0 Å². The third kappa shape index (κ3) is 3.09. The van der Waals surface area contributed by atoms with Crippen molar-refractivity contribution in [2.24, 2.45) is 5.92 Å². The summed E-state index contributed by atoms with van der Waals surface area (Å²) in [6.07, 6.45) is 7.93. The molecule has 1 aromatic heterocycles. The predicted octanol–water partition coefficient (Wildman–Crippen LogP) is 2.87. The summed E-state index contributed by atoms with van der Waals surface area (Å²) >= 11 is 2.80. The molecule has 1 aliphatic carbocycles. The summed E-state index contributed by atoms with van der Waals surface area (Å²) in [7, 11) is 0. The molecule has 1 saturated heterocycles. The van der Waals surface area contributed by atoms with Crippen LogP contribution >= 0.6 is 23.1 Å². The van der Waals surface area contributed by atoms with Gasteiger partial charge in [0, 0.05) is 12.6 Å². The molecule has 1 atom stereocenters. The van der Waals surface area contributed by atoms with Gasteiger partial charge in [-0.2, -0.15) is 0 Å². The number of aliphatic carboxylic acids is 1. The smallest absolute Gasteiger partial charge is 0.313 e. The van der Waals surface area contributed by atoms with Crippen molar-refractivity contribution >= 4 is 34.2 Å². The monoisotopic (exact) mass is 313 g/mol. The molecule has 1 saturated carbocycles. The van der Waals surface area contributed by atoms with Crippen LogP contribution in [0.2, 0.25) is 0 Å². The second-order valence-corrected chi connectivity index (χ2v) is 7.66. The summed E-state index contributed by atoms with van der Waals surface area (Å²) < 4.78 is 0.763. The molecule has 5 nitrogen and oxygen atoms in total. The van der Waals surface area contributed by atoms with E-state index in [-0.39, 0.29) is 5.75 Å². The van der Waals surface area contributed by atoms with E-state index in [1.807, 2.05) is 0 Å². The molecule has 20 heavy (non-hydrogen) atoms. The second kappa shape index (κ2) is 6.30. The van der Waals surface area contributed by atoms with Crippen LogP contribution in [0, 0.1) is 5.92 Å². The van der Waals surface area contributed by atoms with Gasteiger partial charge in [-0.1, -0.05) is 35.9 Å². The third-order valence-electron chi connectivity index (χ3n) is 4.20. The molecule has 3 rings (SSSR count). The molecule has 2 fully saturated rings. The van der Waals surface area contributed by atoms with Gasteiger partial charge in [0.05, 0.1) is 5.75 Å². The first-order chi connectivity index (χ1) is 9.74. The Morgan fingerprint density at radius 3 is 2.85 bits per heavy atom. The van der Waals surface area contributed by atoms with Crippen LogP contribution in [0.3, 0.4) is 0 Å². The van der Waals surface area contributed by atoms with Crippen LogP contribution < -0.4 is 4.90 Å². The summed E-state index contributed by atoms with van der Waals surface area (Å²) in [6, 6.07) is 0.628. The number of hydrogen-bond acceptors (Lipinski definition) is 6. The molecule has 0 aromatic carbocycles. The lowest BCUT2D eigenvalue weighted by molar-refractivity contribution is -0.133. The van der Waals surface area contributed by atoms with E-state index in [9.17, 15) is 4.79 Å². The van der Waals surface area contributed by atoms with Gasteiger partial charge in [-0.3, -0.25) is 4.79 Å². The lowest BCUT2D eigenvalue weighted by atomic mass is 9.96. The van der Waals surface area contributed by atoms with Gasteiger partial charge in [0.25, 0.3) is 0 Å². The minimum atomic E-state index is -0.809. The number of rotatable bonds is 5. The van der Waals surface area contributed by atoms with Gasteiger partial charge >= 0.3 is 5.97 Å². The summed E-state index contributed by atoms with van der Waals surface area (Å²) in [6.45, 7) is 1.07. The Hall–Kier alpha value is -0.820. The van der Waals surface area contributed by atoms with Gasteiger partial charge in [-0.15, -0.1) is 10.2 Å². The molecular weight excluding hydrogens is 294 g/mol. The van der Waals surface area contributed by atoms with Crippen molar-refractivity contribution in [2.75, 3.05) is 17.2 Å². The van der Waals surface area contributed by atoms with Crippen molar-refractivity contribution < 1.29 is 9.90 Å². The van der Waals surface area contributed by atoms with Crippen molar-refractivity contribution in [3.63, 3.8) is 0 Å². The normalized spacial score (nSPS) is 23.6. The quantitative estimate of drug-likeness (QED) is 0.843. The number of carbonyl (C=O) groups is 1. The Morgan fingerprint density at radius 1 is 1.30 bits per heavy atom. The average molecular weight is 313 g/mol. The first-order valence-corrected chi connectivity index (χ1v) is 8.99. The lowest BCUT2D eigenvalue weighted by Crippen LogP contribution is -2.34. The molecule has 0 bridgehead atoms. The van der Waals surface area contributed by atoms with Crippen molar-refractivity contribution in [1.29, 1.82) is 0 Å². The number of carboxylic acids is 1. The third-order valence-corrected chi connectivity index (χ3v) is 6.28. The summed E-state index contributed by atoms with van der Waals surface area (Å²) in [5.41, 5.74) is 0. The highest BCUT2D eigenvalue weighted by atomic mass is 32.2. The van der Waals surface area contributed by atoms with Gasteiger partial charge in [-0.25, -0.2) is 0 Å². The highest BCUT2D eigenvalue weighted by Gasteiger charge is 2.34. The minimum absolute atomic E-state index is 0.0562. The van der Waals surface area contributed by atoms with Gasteiger partial charge in [0.1, 0.15) is 0 Å². The molecular formula is C13H19N3O2S2. The van der Waals surface area contributed by atoms with Crippen molar-refractivity contribution in [2.45, 2.75) is 48.9 Å². The number of thioether (sulfide) groups is 1. The van der Waals surface area contributed by atoms with E-state index in [1.165, 1.54) is 61.6 Å². The Labute approximate surface area is 126 Å². The van der Waals surface area contributed by atoms with Crippen LogP contribution in [0.15, 0.2) is 4.34 Å². The number of carboxylic acid groups (broad SMARTS) is 1. The van der Waals surface area contributed by atoms with E-state index in [0.29, 0.717) is 6.04 Å². The van der Waals surface area contributed by atoms with E-state index in [1.54, 1.807) is 0 Å². The van der Waals surface area contributed by atoms with Crippen LogP contribution in [-0.2, 0) is 4.79 Å². The maximum atomic E-state index is 10.6. The second-order valence-electron chi connectivity index (χ2n) is 5.48. The van der Waals surface area contributed by atoms with Crippen LogP contribution in [0.1, 0.15) is 38.5 Å². The largest absolute Gasteiger partial charge is 0.481 e. The predicted molar refractivity (Wildman–Crippen MR) is 80.6 cm³/mol. The number of nitrogens with zero attached hydrogens (tertiary/aromatic N) is 3.